The predicted molar refractivity (Wildman–Crippen MR) is 75.6 cm³/mol. The van der Waals surface area contributed by atoms with Gasteiger partial charge in [-0.05, 0) is 32.9 Å². The fraction of sp³-hybridized carbons (Fsp3) is 0.571. The van der Waals surface area contributed by atoms with Crippen molar-refractivity contribution in [2.45, 2.75) is 32.7 Å². The van der Waals surface area contributed by atoms with E-state index in [1.54, 1.807) is 12.3 Å². The quantitative estimate of drug-likeness (QED) is 0.852. The van der Waals surface area contributed by atoms with Crippen molar-refractivity contribution in [3.05, 3.63) is 24.0 Å². The summed E-state index contributed by atoms with van der Waals surface area (Å²) in [6.45, 7) is 7.44. The minimum atomic E-state index is -0.517. The maximum Gasteiger partial charge on any atom is 0.269 e. The standard InChI is InChI=1S/C14H21N3O3/c1-4-15-13(18)12-7-10(5-6-16-12)17-8-11-9-19-14(2,3)20-11/h5-7,11H,4,8-9H2,1-3H3,(H,15,18)(H,16,17). The lowest BCUT2D eigenvalue weighted by atomic mass is 10.3. The van der Waals surface area contributed by atoms with Crippen LogP contribution >= 0.6 is 0 Å². The maximum absolute atomic E-state index is 11.7. The van der Waals surface area contributed by atoms with Crippen molar-refractivity contribution < 1.29 is 14.3 Å². The molecule has 2 heterocycles. The summed E-state index contributed by atoms with van der Waals surface area (Å²) in [7, 11) is 0. The Hall–Kier alpha value is -1.66. The van der Waals surface area contributed by atoms with Crippen LogP contribution < -0.4 is 10.6 Å². The molecule has 1 fully saturated rings. The lowest BCUT2D eigenvalue weighted by Crippen LogP contribution is -2.26. The van der Waals surface area contributed by atoms with Gasteiger partial charge in [-0.15, -0.1) is 0 Å². The molecule has 1 aromatic rings. The van der Waals surface area contributed by atoms with Crippen LogP contribution in [0.25, 0.3) is 0 Å². The first-order chi connectivity index (χ1) is 9.50. The second kappa shape index (κ2) is 6.19. The molecule has 1 aromatic heterocycles. The van der Waals surface area contributed by atoms with E-state index in [4.69, 9.17) is 9.47 Å². The molecule has 2 N–H and O–H groups in total. The highest BCUT2D eigenvalue weighted by atomic mass is 16.7. The molecule has 0 aromatic carbocycles. The molecule has 6 nitrogen and oxygen atoms in total. The Balaban J connectivity index is 1.90. The van der Waals surface area contributed by atoms with Gasteiger partial charge < -0.3 is 20.1 Å². The zero-order valence-corrected chi connectivity index (χ0v) is 12.1. The third-order valence-electron chi connectivity index (χ3n) is 2.93. The number of hydrogen-bond acceptors (Lipinski definition) is 5. The number of nitrogens with one attached hydrogen (secondary N) is 2. The van der Waals surface area contributed by atoms with Crippen LogP contribution in [0.5, 0.6) is 0 Å². The van der Waals surface area contributed by atoms with Gasteiger partial charge in [0.05, 0.1) is 6.61 Å². The summed E-state index contributed by atoms with van der Waals surface area (Å²) < 4.78 is 11.2. The van der Waals surface area contributed by atoms with Gasteiger partial charge in [0, 0.05) is 25.0 Å². The van der Waals surface area contributed by atoms with Crippen LogP contribution in [0.2, 0.25) is 0 Å². The third kappa shape index (κ3) is 3.91. The number of carbonyl (C=O) groups is 1. The van der Waals surface area contributed by atoms with Gasteiger partial charge in [0.2, 0.25) is 0 Å². The maximum atomic E-state index is 11.7. The summed E-state index contributed by atoms with van der Waals surface area (Å²) in [5.41, 5.74) is 1.25. The summed E-state index contributed by atoms with van der Waals surface area (Å²) in [6, 6.07) is 3.55. The van der Waals surface area contributed by atoms with Crippen molar-refractivity contribution in [3.63, 3.8) is 0 Å². The van der Waals surface area contributed by atoms with Crippen LogP contribution in [0.4, 0.5) is 5.69 Å². The molecule has 0 radical (unpaired) electrons. The Kier molecular flexibility index (Phi) is 4.57. The minimum absolute atomic E-state index is 0.00563. The molecular formula is C14H21N3O3. The Morgan fingerprint density at radius 1 is 1.55 bits per heavy atom. The molecular weight excluding hydrogens is 258 g/mol. The topological polar surface area (TPSA) is 72.5 Å². The van der Waals surface area contributed by atoms with Gasteiger partial charge in [0.15, 0.2) is 5.79 Å². The molecule has 110 valence electrons. The summed E-state index contributed by atoms with van der Waals surface area (Å²) >= 11 is 0. The zero-order valence-electron chi connectivity index (χ0n) is 12.1. The predicted octanol–water partition coefficient (Wildman–Crippen LogP) is 1.39. The van der Waals surface area contributed by atoms with Crippen LogP contribution in [0.3, 0.4) is 0 Å². The first-order valence-electron chi connectivity index (χ1n) is 6.80. The highest BCUT2D eigenvalue weighted by Gasteiger charge is 2.32. The van der Waals surface area contributed by atoms with E-state index >= 15 is 0 Å². The highest BCUT2D eigenvalue weighted by molar-refractivity contribution is 5.93. The fourth-order valence-electron chi connectivity index (χ4n) is 2.01. The van der Waals surface area contributed by atoms with Gasteiger partial charge in [0.25, 0.3) is 5.91 Å². The number of nitrogens with zero attached hydrogens (tertiary/aromatic N) is 1. The van der Waals surface area contributed by atoms with Gasteiger partial charge in [-0.2, -0.15) is 0 Å². The normalized spacial score (nSPS) is 20.6. The summed E-state index contributed by atoms with van der Waals surface area (Å²) in [6.07, 6.45) is 1.62. The number of ether oxygens (including phenoxy) is 2. The van der Waals surface area contributed by atoms with E-state index in [0.29, 0.717) is 25.4 Å². The highest BCUT2D eigenvalue weighted by Crippen LogP contribution is 2.22. The average Bonchev–Trinajstić information content (AvgIpc) is 2.77. The number of amides is 1. The second-order valence-corrected chi connectivity index (χ2v) is 5.12. The SMILES string of the molecule is CCNC(=O)c1cc(NCC2COC(C)(C)O2)ccn1. The van der Waals surface area contributed by atoms with Crippen molar-refractivity contribution in [1.29, 1.82) is 0 Å². The number of pyridine rings is 1. The number of rotatable bonds is 5. The lowest BCUT2D eigenvalue weighted by Gasteiger charge is -2.17. The van der Waals surface area contributed by atoms with Crippen LogP contribution in [0.1, 0.15) is 31.3 Å². The van der Waals surface area contributed by atoms with E-state index in [1.807, 2.05) is 26.8 Å². The average molecular weight is 279 g/mol. The minimum Gasteiger partial charge on any atom is -0.382 e. The van der Waals surface area contributed by atoms with Crippen molar-refractivity contribution in [3.8, 4) is 0 Å². The summed E-state index contributed by atoms with van der Waals surface area (Å²) in [5, 5.41) is 5.96. The second-order valence-electron chi connectivity index (χ2n) is 5.12. The Morgan fingerprint density at radius 3 is 3.00 bits per heavy atom. The van der Waals surface area contributed by atoms with E-state index in [-0.39, 0.29) is 12.0 Å². The van der Waals surface area contributed by atoms with E-state index in [2.05, 4.69) is 15.6 Å². The van der Waals surface area contributed by atoms with E-state index in [9.17, 15) is 4.79 Å². The van der Waals surface area contributed by atoms with Crippen molar-refractivity contribution in [2.75, 3.05) is 25.0 Å². The molecule has 20 heavy (non-hydrogen) atoms. The molecule has 1 amide bonds. The Morgan fingerprint density at radius 2 is 2.35 bits per heavy atom. The van der Waals surface area contributed by atoms with Crippen molar-refractivity contribution in [2.24, 2.45) is 0 Å². The number of carbonyl (C=O) groups excluding carboxylic acids is 1. The molecule has 6 heteroatoms. The molecule has 1 aliphatic rings. The monoisotopic (exact) mass is 279 g/mol. The first kappa shape index (κ1) is 14.7. The molecule has 0 saturated carbocycles. The van der Waals surface area contributed by atoms with E-state index < -0.39 is 5.79 Å². The van der Waals surface area contributed by atoms with Crippen LogP contribution in [0, 0.1) is 0 Å². The third-order valence-corrected chi connectivity index (χ3v) is 2.93. The molecule has 1 unspecified atom stereocenters. The van der Waals surface area contributed by atoms with Gasteiger partial charge in [-0.3, -0.25) is 9.78 Å². The van der Waals surface area contributed by atoms with Crippen LogP contribution in [-0.2, 0) is 9.47 Å². The smallest absolute Gasteiger partial charge is 0.269 e. The first-order valence-corrected chi connectivity index (χ1v) is 6.80. The number of anilines is 1. The zero-order chi connectivity index (χ0) is 14.6. The van der Waals surface area contributed by atoms with E-state index in [1.165, 1.54) is 0 Å². The Bertz CT molecular complexity index is 476. The fourth-order valence-corrected chi connectivity index (χ4v) is 2.01. The lowest BCUT2D eigenvalue weighted by molar-refractivity contribution is -0.136. The van der Waals surface area contributed by atoms with Crippen molar-refractivity contribution in [1.82, 2.24) is 10.3 Å². The van der Waals surface area contributed by atoms with Crippen molar-refractivity contribution >= 4 is 11.6 Å². The number of aromatic nitrogens is 1. The molecule has 0 spiro atoms. The summed E-state index contributed by atoms with van der Waals surface area (Å²) in [5.74, 6) is -0.686. The summed E-state index contributed by atoms with van der Waals surface area (Å²) in [4.78, 5) is 15.7. The van der Waals surface area contributed by atoms with Crippen LogP contribution in [0.15, 0.2) is 18.3 Å². The molecule has 1 aliphatic heterocycles. The molecule has 1 atom stereocenters. The van der Waals surface area contributed by atoms with Gasteiger partial charge >= 0.3 is 0 Å². The van der Waals surface area contributed by atoms with Gasteiger partial charge in [-0.1, -0.05) is 0 Å². The molecule has 1 saturated heterocycles. The van der Waals surface area contributed by atoms with Gasteiger partial charge in [0.1, 0.15) is 11.8 Å². The number of hydrogen-bond donors (Lipinski definition) is 2. The largest absolute Gasteiger partial charge is 0.382 e. The molecule has 0 aliphatic carbocycles. The Labute approximate surface area is 118 Å². The molecule has 0 bridgehead atoms. The van der Waals surface area contributed by atoms with Gasteiger partial charge in [-0.25, -0.2) is 0 Å². The van der Waals surface area contributed by atoms with E-state index in [0.717, 1.165) is 5.69 Å². The van der Waals surface area contributed by atoms with Crippen LogP contribution in [-0.4, -0.2) is 42.5 Å². The molecule has 2 rings (SSSR count).